The first-order chi connectivity index (χ1) is 18.7. The molecule has 8 nitrogen and oxygen atoms in total. The molecule has 0 aliphatic heterocycles. The second-order valence-corrected chi connectivity index (χ2v) is 8.44. The molecule has 0 aliphatic carbocycles. The Kier molecular flexibility index (Phi) is 5.79. The predicted molar refractivity (Wildman–Crippen MR) is 146 cm³/mol. The highest BCUT2D eigenvalue weighted by atomic mass is 16.5. The number of methoxy groups -OCH3 is 1. The van der Waals surface area contributed by atoms with Crippen molar-refractivity contribution in [3.63, 3.8) is 0 Å². The molecule has 0 aliphatic rings. The number of rotatable bonds is 6. The predicted octanol–water partition coefficient (Wildman–Crippen LogP) is 5.76. The fourth-order valence-corrected chi connectivity index (χ4v) is 4.47. The fraction of sp³-hybridized carbons (Fsp3) is 0.0667. The van der Waals surface area contributed by atoms with Gasteiger partial charge in [-0.25, -0.2) is 4.98 Å². The molecule has 8 heteroatoms. The maximum absolute atomic E-state index is 13.7. The van der Waals surface area contributed by atoms with Gasteiger partial charge in [-0.05, 0) is 47.2 Å². The molecule has 0 atom stereocenters. The fourth-order valence-electron chi connectivity index (χ4n) is 4.47. The summed E-state index contributed by atoms with van der Waals surface area (Å²) in [5.74, 6) is 1.72. The van der Waals surface area contributed by atoms with Gasteiger partial charge in [0.25, 0.3) is 5.56 Å². The molecule has 0 amide bonds. The Hall–Kier alpha value is -5.42. The summed E-state index contributed by atoms with van der Waals surface area (Å²) in [5.41, 5.74) is 1.40. The van der Waals surface area contributed by atoms with Gasteiger partial charge in [-0.2, -0.15) is 15.0 Å². The van der Waals surface area contributed by atoms with Crippen LogP contribution in [0.5, 0.6) is 11.5 Å². The zero-order chi connectivity index (χ0) is 26.1. The van der Waals surface area contributed by atoms with Crippen LogP contribution in [-0.4, -0.2) is 29.6 Å². The molecule has 6 rings (SSSR count). The number of furan rings is 1. The van der Waals surface area contributed by atoms with Gasteiger partial charge in [-0.3, -0.25) is 4.79 Å². The number of nitriles is 1. The quantitative estimate of drug-likeness (QED) is 0.270. The second kappa shape index (κ2) is 9.56. The van der Waals surface area contributed by atoms with E-state index in [1.165, 1.54) is 4.68 Å². The van der Waals surface area contributed by atoms with Gasteiger partial charge in [0.1, 0.15) is 23.2 Å². The zero-order valence-corrected chi connectivity index (χ0v) is 20.3. The Morgan fingerprint density at radius 2 is 1.79 bits per heavy atom. The molecule has 2 aromatic heterocycles. The lowest BCUT2D eigenvalue weighted by Gasteiger charge is -2.10. The normalized spacial score (nSPS) is 11.4. The van der Waals surface area contributed by atoms with E-state index >= 15 is 0 Å². The third kappa shape index (κ3) is 3.92. The second-order valence-electron chi connectivity index (χ2n) is 8.44. The van der Waals surface area contributed by atoms with Crippen LogP contribution < -0.4 is 15.0 Å². The van der Waals surface area contributed by atoms with Gasteiger partial charge < -0.3 is 13.9 Å². The summed E-state index contributed by atoms with van der Waals surface area (Å²) >= 11 is 0. The molecule has 0 N–H and O–H groups in total. The Morgan fingerprint density at radius 3 is 2.63 bits per heavy atom. The number of hydrogen-bond donors (Lipinski definition) is 0. The van der Waals surface area contributed by atoms with E-state index in [0.717, 1.165) is 16.2 Å². The first kappa shape index (κ1) is 23.0. The number of para-hydroxylation sites is 1. The summed E-state index contributed by atoms with van der Waals surface area (Å²) < 4.78 is 18.5. The van der Waals surface area contributed by atoms with E-state index in [1.54, 1.807) is 43.7 Å². The van der Waals surface area contributed by atoms with Crippen LogP contribution in [0.15, 0.2) is 99.2 Å². The van der Waals surface area contributed by atoms with Gasteiger partial charge in [0.2, 0.25) is 5.82 Å². The molecule has 0 unspecified atom stereocenters. The van der Waals surface area contributed by atoms with Crippen molar-refractivity contribution in [1.82, 2.24) is 9.66 Å². The van der Waals surface area contributed by atoms with E-state index in [9.17, 15) is 4.79 Å². The minimum atomic E-state index is -0.353. The summed E-state index contributed by atoms with van der Waals surface area (Å²) in [6, 6.07) is 27.8. The van der Waals surface area contributed by atoms with Crippen LogP contribution in [0.1, 0.15) is 5.56 Å². The van der Waals surface area contributed by atoms with Crippen LogP contribution in [0.2, 0.25) is 0 Å². The third-order valence-corrected chi connectivity index (χ3v) is 6.24. The molecular weight excluding hydrogens is 480 g/mol. The highest BCUT2D eigenvalue weighted by Crippen LogP contribution is 2.33. The Labute approximate surface area is 216 Å². The minimum absolute atomic E-state index is 0.122. The SMILES string of the molecule is COc1cccc2oc(-c3nc4ccccc4c(=O)n3N=Cc3c(OCC#N)ccc4ccccc34)cc12. The van der Waals surface area contributed by atoms with E-state index < -0.39 is 0 Å². The number of hydrogen-bond acceptors (Lipinski definition) is 7. The van der Waals surface area contributed by atoms with Crippen molar-refractivity contribution < 1.29 is 13.9 Å². The lowest BCUT2D eigenvalue weighted by Crippen LogP contribution is -2.20. The number of nitrogens with zero attached hydrogens (tertiary/aromatic N) is 4. The van der Waals surface area contributed by atoms with E-state index in [0.29, 0.717) is 39.3 Å². The number of aromatic nitrogens is 2. The lowest BCUT2D eigenvalue weighted by atomic mass is 10.0. The van der Waals surface area contributed by atoms with Crippen LogP contribution in [-0.2, 0) is 0 Å². The van der Waals surface area contributed by atoms with Crippen LogP contribution in [0.4, 0.5) is 0 Å². The molecule has 184 valence electrons. The molecule has 0 bridgehead atoms. The molecule has 0 saturated heterocycles. The number of benzene rings is 4. The van der Waals surface area contributed by atoms with Gasteiger partial charge in [0.05, 0.1) is 29.6 Å². The first-order valence-electron chi connectivity index (χ1n) is 11.8. The summed E-state index contributed by atoms with van der Waals surface area (Å²) in [5, 5.41) is 16.7. The number of ether oxygens (including phenoxy) is 2. The van der Waals surface area contributed by atoms with Gasteiger partial charge >= 0.3 is 0 Å². The Balaban J connectivity index is 1.59. The molecule has 6 aromatic rings. The highest BCUT2D eigenvalue weighted by Gasteiger charge is 2.18. The maximum atomic E-state index is 13.7. The standard InChI is InChI=1S/C30H20N4O4/c1-36-25-11-6-12-27-22(25)17-28(38-27)29-33-24-10-5-4-9-21(24)30(35)34(29)32-18-23-20-8-3-2-7-19(20)13-14-26(23)37-16-15-31/h2-14,17-18H,16H2,1H3. The lowest BCUT2D eigenvalue weighted by molar-refractivity contribution is 0.368. The number of fused-ring (bicyclic) bond motifs is 3. The summed E-state index contributed by atoms with van der Waals surface area (Å²) in [7, 11) is 1.59. The van der Waals surface area contributed by atoms with Crippen molar-refractivity contribution in [3.8, 4) is 29.2 Å². The molecule has 0 spiro atoms. The molecule has 2 heterocycles. The van der Waals surface area contributed by atoms with Crippen molar-refractivity contribution in [2.45, 2.75) is 0 Å². The topological polar surface area (TPSA) is 103 Å². The van der Waals surface area contributed by atoms with E-state index in [2.05, 4.69) is 5.10 Å². The van der Waals surface area contributed by atoms with Crippen molar-refractivity contribution in [1.29, 1.82) is 5.26 Å². The van der Waals surface area contributed by atoms with Crippen LogP contribution >= 0.6 is 0 Å². The minimum Gasteiger partial charge on any atom is -0.496 e. The molecule has 4 aromatic carbocycles. The molecule has 38 heavy (non-hydrogen) atoms. The smallest absolute Gasteiger partial charge is 0.282 e. The van der Waals surface area contributed by atoms with Crippen molar-refractivity contribution in [2.24, 2.45) is 5.10 Å². The van der Waals surface area contributed by atoms with Gasteiger partial charge in [0.15, 0.2) is 12.4 Å². The summed E-state index contributed by atoms with van der Waals surface area (Å²) in [6.45, 7) is -0.122. The van der Waals surface area contributed by atoms with Crippen LogP contribution in [0.3, 0.4) is 0 Å². The van der Waals surface area contributed by atoms with Crippen LogP contribution in [0, 0.1) is 11.3 Å². The van der Waals surface area contributed by atoms with E-state index in [4.69, 9.17) is 24.1 Å². The zero-order valence-electron chi connectivity index (χ0n) is 20.3. The summed E-state index contributed by atoms with van der Waals surface area (Å²) in [4.78, 5) is 18.4. The molecule has 0 radical (unpaired) electrons. The largest absolute Gasteiger partial charge is 0.496 e. The monoisotopic (exact) mass is 500 g/mol. The average Bonchev–Trinajstić information content (AvgIpc) is 3.40. The Bertz CT molecular complexity index is 1960. The third-order valence-electron chi connectivity index (χ3n) is 6.24. The van der Waals surface area contributed by atoms with Gasteiger partial charge in [-0.1, -0.05) is 48.5 Å². The average molecular weight is 501 g/mol. The first-order valence-corrected chi connectivity index (χ1v) is 11.8. The van der Waals surface area contributed by atoms with E-state index in [-0.39, 0.29) is 18.0 Å². The van der Waals surface area contributed by atoms with E-state index in [1.807, 2.05) is 60.7 Å². The highest BCUT2D eigenvalue weighted by molar-refractivity contribution is 6.02. The van der Waals surface area contributed by atoms with Crippen LogP contribution in [0.25, 0.3) is 44.2 Å². The van der Waals surface area contributed by atoms with Crippen molar-refractivity contribution in [3.05, 3.63) is 101 Å². The molecule has 0 fully saturated rings. The molecule has 0 saturated carbocycles. The van der Waals surface area contributed by atoms with Crippen molar-refractivity contribution >= 4 is 38.9 Å². The Morgan fingerprint density at radius 1 is 0.974 bits per heavy atom. The van der Waals surface area contributed by atoms with Gasteiger partial charge in [0, 0.05) is 5.56 Å². The van der Waals surface area contributed by atoms with Gasteiger partial charge in [-0.15, -0.1) is 0 Å². The maximum Gasteiger partial charge on any atom is 0.282 e. The molecular formula is C30H20N4O4. The van der Waals surface area contributed by atoms with Crippen molar-refractivity contribution in [2.75, 3.05) is 13.7 Å². The summed E-state index contributed by atoms with van der Waals surface area (Å²) in [6.07, 6.45) is 1.56.